The average molecular weight is 256 g/mol. The highest BCUT2D eigenvalue weighted by Crippen LogP contribution is 2.11. The van der Waals surface area contributed by atoms with Crippen LogP contribution in [0, 0.1) is 0 Å². The lowest BCUT2D eigenvalue weighted by Crippen LogP contribution is -2.34. The molecule has 0 unspecified atom stereocenters. The van der Waals surface area contributed by atoms with Crippen molar-refractivity contribution in [2.24, 2.45) is 0 Å². The zero-order valence-electron chi connectivity index (χ0n) is 10.7. The highest BCUT2D eigenvalue weighted by Gasteiger charge is 2.06. The molecule has 2 N–H and O–H groups in total. The Morgan fingerprint density at radius 3 is 2.78 bits per heavy atom. The summed E-state index contributed by atoms with van der Waals surface area (Å²) in [5.41, 5.74) is 1.17. The van der Waals surface area contributed by atoms with E-state index in [0.717, 1.165) is 12.8 Å². The van der Waals surface area contributed by atoms with E-state index in [0.29, 0.717) is 19.8 Å². The molecule has 0 aromatic rings. The molecule has 2 amide bonds. The standard InChI is InChI=1S/C12H20N2O4/c1-2-18-11(15)3-6-13-12(16)14-9-10-4-7-17-8-5-10/h9H,2-8H2,1H3,(H2,13,14,16). The van der Waals surface area contributed by atoms with E-state index in [-0.39, 0.29) is 25.0 Å². The van der Waals surface area contributed by atoms with Gasteiger partial charge in [-0.1, -0.05) is 0 Å². The predicted molar refractivity (Wildman–Crippen MR) is 65.9 cm³/mol. The molecule has 18 heavy (non-hydrogen) atoms. The number of esters is 1. The van der Waals surface area contributed by atoms with Gasteiger partial charge in [0.1, 0.15) is 0 Å². The van der Waals surface area contributed by atoms with Gasteiger partial charge in [-0.3, -0.25) is 4.79 Å². The molecule has 0 spiro atoms. The molecule has 1 aliphatic rings. The second kappa shape index (κ2) is 8.52. The Hall–Kier alpha value is -1.56. The van der Waals surface area contributed by atoms with E-state index in [1.54, 1.807) is 13.1 Å². The molecule has 6 heteroatoms. The molecule has 0 atom stereocenters. The van der Waals surface area contributed by atoms with Crippen molar-refractivity contribution in [3.63, 3.8) is 0 Å². The van der Waals surface area contributed by atoms with Gasteiger partial charge in [0.15, 0.2) is 0 Å². The maximum absolute atomic E-state index is 11.4. The molecule has 1 aliphatic heterocycles. The first kappa shape index (κ1) is 14.5. The Bertz CT molecular complexity index is 307. The largest absolute Gasteiger partial charge is 0.466 e. The number of hydrogen-bond acceptors (Lipinski definition) is 4. The summed E-state index contributed by atoms with van der Waals surface area (Å²) in [6, 6.07) is -0.307. The molecule has 1 heterocycles. The van der Waals surface area contributed by atoms with Gasteiger partial charge in [0.05, 0.1) is 26.2 Å². The SMILES string of the molecule is CCOC(=O)CCNC(=O)NC=C1CCOCC1. The van der Waals surface area contributed by atoms with Gasteiger partial charge >= 0.3 is 12.0 Å². The van der Waals surface area contributed by atoms with E-state index < -0.39 is 0 Å². The van der Waals surface area contributed by atoms with E-state index in [2.05, 4.69) is 10.6 Å². The van der Waals surface area contributed by atoms with Crippen LogP contribution in [0.3, 0.4) is 0 Å². The minimum absolute atomic E-state index is 0.186. The van der Waals surface area contributed by atoms with Crippen molar-refractivity contribution in [1.29, 1.82) is 0 Å². The van der Waals surface area contributed by atoms with E-state index in [4.69, 9.17) is 9.47 Å². The van der Waals surface area contributed by atoms with Gasteiger partial charge < -0.3 is 20.1 Å². The van der Waals surface area contributed by atoms with Crippen molar-refractivity contribution in [3.05, 3.63) is 11.8 Å². The molecule has 1 fully saturated rings. The summed E-state index contributed by atoms with van der Waals surface area (Å²) < 4.78 is 9.94. The van der Waals surface area contributed by atoms with E-state index in [1.807, 2.05) is 0 Å². The molecule has 1 rings (SSSR count). The summed E-state index contributed by atoms with van der Waals surface area (Å²) >= 11 is 0. The molecule has 102 valence electrons. The first-order chi connectivity index (χ1) is 8.72. The zero-order chi connectivity index (χ0) is 13.2. The van der Waals surface area contributed by atoms with Crippen LogP contribution in [0.2, 0.25) is 0 Å². The fourth-order valence-electron chi connectivity index (χ4n) is 1.51. The first-order valence-electron chi connectivity index (χ1n) is 6.18. The van der Waals surface area contributed by atoms with E-state index >= 15 is 0 Å². The van der Waals surface area contributed by atoms with Crippen LogP contribution in [0.1, 0.15) is 26.2 Å². The number of carbonyl (C=O) groups excluding carboxylic acids is 2. The summed E-state index contributed by atoms with van der Waals surface area (Å²) in [6.45, 7) is 3.80. The van der Waals surface area contributed by atoms with Gasteiger partial charge in [-0.25, -0.2) is 4.79 Å². The van der Waals surface area contributed by atoms with Crippen molar-refractivity contribution >= 4 is 12.0 Å². The van der Waals surface area contributed by atoms with Crippen LogP contribution in [0.5, 0.6) is 0 Å². The third-order valence-corrected chi connectivity index (χ3v) is 2.46. The summed E-state index contributed by atoms with van der Waals surface area (Å²) in [5, 5.41) is 5.22. The Labute approximate surface area is 107 Å². The molecule has 0 saturated carbocycles. The maximum Gasteiger partial charge on any atom is 0.318 e. The van der Waals surface area contributed by atoms with Crippen LogP contribution in [-0.4, -0.2) is 38.4 Å². The Kier molecular flexibility index (Phi) is 6.86. The number of hydrogen-bond donors (Lipinski definition) is 2. The fraction of sp³-hybridized carbons (Fsp3) is 0.667. The first-order valence-corrected chi connectivity index (χ1v) is 6.18. The predicted octanol–water partition coefficient (Wildman–Crippen LogP) is 0.933. The number of amides is 2. The molecule has 1 saturated heterocycles. The van der Waals surface area contributed by atoms with Crippen LogP contribution in [0.4, 0.5) is 4.79 Å². The number of carbonyl (C=O) groups is 2. The zero-order valence-corrected chi connectivity index (χ0v) is 10.7. The topological polar surface area (TPSA) is 76.7 Å². The summed E-state index contributed by atoms with van der Waals surface area (Å²) in [7, 11) is 0. The molecule has 0 aliphatic carbocycles. The molecule has 6 nitrogen and oxygen atoms in total. The van der Waals surface area contributed by atoms with Gasteiger partial charge in [0.25, 0.3) is 0 Å². The van der Waals surface area contributed by atoms with Gasteiger partial charge in [0.2, 0.25) is 0 Å². The fourth-order valence-corrected chi connectivity index (χ4v) is 1.51. The highest BCUT2D eigenvalue weighted by molar-refractivity contribution is 5.76. The lowest BCUT2D eigenvalue weighted by molar-refractivity contribution is -0.142. The van der Waals surface area contributed by atoms with E-state index in [1.165, 1.54) is 5.57 Å². The van der Waals surface area contributed by atoms with Crippen LogP contribution in [0.15, 0.2) is 11.8 Å². The van der Waals surface area contributed by atoms with E-state index in [9.17, 15) is 9.59 Å². The molecule has 0 bridgehead atoms. The molecular formula is C12H20N2O4. The smallest absolute Gasteiger partial charge is 0.318 e. The molecule has 0 radical (unpaired) electrons. The number of nitrogens with one attached hydrogen (secondary N) is 2. The summed E-state index contributed by atoms with van der Waals surface area (Å²) in [6.07, 6.45) is 3.60. The Morgan fingerprint density at radius 2 is 2.11 bits per heavy atom. The third-order valence-electron chi connectivity index (χ3n) is 2.46. The quantitative estimate of drug-likeness (QED) is 0.717. The lowest BCUT2D eigenvalue weighted by Gasteiger charge is -2.14. The van der Waals surface area contributed by atoms with Gasteiger partial charge in [-0.15, -0.1) is 0 Å². The Balaban J connectivity index is 2.11. The number of urea groups is 1. The minimum atomic E-state index is -0.307. The van der Waals surface area contributed by atoms with Gasteiger partial charge in [-0.2, -0.15) is 0 Å². The van der Waals surface area contributed by atoms with Crippen LogP contribution in [-0.2, 0) is 14.3 Å². The second-order valence-corrected chi connectivity index (χ2v) is 3.87. The second-order valence-electron chi connectivity index (χ2n) is 3.87. The summed E-state index contributed by atoms with van der Waals surface area (Å²) in [4.78, 5) is 22.4. The number of ether oxygens (including phenoxy) is 2. The van der Waals surface area contributed by atoms with Crippen LogP contribution in [0.25, 0.3) is 0 Å². The van der Waals surface area contributed by atoms with Crippen LogP contribution < -0.4 is 10.6 Å². The van der Waals surface area contributed by atoms with Crippen LogP contribution >= 0.6 is 0 Å². The Morgan fingerprint density at radius 1 is 1.39 bits per heavy atom. The van der Waals surface area contributed by atoms with Crippen molar-refractivity contribution in [1.82, 2.24) is 10.6 Å². The molecule has 0 aromatic carbocycles. The lowest BCUT2D eigenvalue weighted by atomic mass is 10.1. The van der Waals surface area contributed by atoms with Gasteiger partial charge in [-0.05, 0) is 25.3 Å². The minimum Gasteiger partial charge on any atom is -0.466 e. The normalized spacial score (nSPS) is 14.8. The number of rotatable bonds is 5. The highest BCUT2D eigenvalue weighted by atomic mass is 16.5. The molecule has 0 aromatic heterocycles. The van der Waals surface area contributed by atoms with Crippen molar-refractivity contribution in [3.8, 4) is 0 Å². The van der Waals surface area contributed by atoms with Crippen molar-refractivity contribution < 1.29 is 19.1 Å². The summed E-state index contributed by atoms with van der Waals surface area (Å²) in [5.74, 6) is -0.305. The molecular weight excluding hydrogens is 236 g/mol. The monoisotopic (exact) mass is 256 g/mol. The maximum atomic E-state index is 11.4. The van der Waals surface area contributed by atoms with Crippen molar-refractivity contribution in [2.75, 3.05) is 26.4 Å². The van der Waals surface area contributed by atoms with Gasteiger partial charge in [0, 0.05) is 12.7 Å². The third kappa shape index (κ3) is 6.24. The van der Waals surface area contributed by atoms with Crippen molar-refractivity contribution in [2.45, 2.75) is 26.2 Å². The average Bonchev–Trinajstić information content (AvgIpc) is 2.38.